The first kappa shape index (κ1) is 13.4. The summed E-state index contributed by atoms with van der Waals surface area (Å²) in [4.78, 5) is 0. The maximum absolute atomic E-state index is 13.8. The van der Waals surface area contributed by atoms with E-state index in [4.69, 9.17) is 4.74 Å². The topological polar surface area (TPSA) is 21.3 Å². The molecule has 1 unspecified atom stereocenters. The number of hydrogen-bond donors (Lipinski definition) is 1. The molecule has 0 spiro atoms. The van der Waals surface area contributed by atoms with Crippen LogP contribution < -0.4 is 10.1 Å². The number of anilines is 1. The molecule has 2 rings (SSSR count). The molecule has 2 nitrogen and oxygen atoms in total. The largest absolute Gasteiger partial charge is 0.497 e. The van der Waals surface area contributed by atoms with Gasteiger partial charge in [-0.05, 0) is 49.2 Å². The molecule has 3 heteroatoms. The Labute approximate surface area is 113 Å². The van der Waals surface area contributed by atoms with Crippen LogP contribution >= 0.6 is 0 Å². The highest BCUT2D eigenvalue weighted by Crippen LogP contribution is 2.23. The number of rotatable bonds is 4. The summed E-state index contributed by atoms with van der Waals surface area (Å²) < 4.78 is 18.9. The molecule has 0 heterocycles. The summed E-state index contributed by atoms with van der Waals surface area (Å²) in [5.74, 6) is 0.595. The first-order valence-electron chi connectivity index (χ1n) is 6.27. The fourth-order valence-corrected chi connectivity index (χ4v) is 1.95. The molecule has 0 aliphatic rings. The van der Waals surface area contributed by atoms with Crippen LogP contribution in [0.25, 0.3) is 0 Å². The fourth-order valence-electron chi connectivity index (χ4n) is 1.95. The van der Waals surface area contributed by atoms with Crippen LogP contribution in [-0.2, 0) is 0 Å². The van der Waals surface area contributed by atoms with Crippen molar-refractivity contribution in [3.8, 4) is 5.75 Å². The third kappa shape index (κ3) is 3.25. The van der Waals surface area contributed by atoms with Gasteiger partial charge in [-0.2, -0.15) is 0 Å². The minimum absolute atomic E-state index is 0.0307. The second-order valence-corrected chi connectivity index (χ2v) is 4.62. The molecule has 0 fully saturated rings. The molecule has 2 aromatic rings. The van der Waals surface area contributed by atoms with E-state index in [9.17, 15) is 4.39 Å². The van der Waals surface area contributed by atoms with Crippen molar-refractivity contribution < 1.29 is 9.13 Å². The normalized spacial score (nSPS) is 12.0. The van der Waals surface area contributed by atoms with Gasteiger partial charge in [-0.1, -0.05) is 18.2 Å². The lowest BCUT2D eigenvalue weighted by atomic mass is 10.1. The monoisotopic (exact) mass is 259 g/mol. The summed E-state index contributed by atoms with van der Waals surface area (Å²) >= 11 is 0. The van der Waals surface area contributed by atoms with Gasteiger partial charge in [-0.25, -0.2) is 4.39 Å². The highest BCUT2D eigenvalue weighted by molar-refractivity contribution is 5.48. The highest BCUT2D eigenvalue weighted by atomic mass is 19.1. The lowest BCUT2D eigenvalue weighted by Gasteiger charge is -2.17. The van der Waals surface area contributed by atoms with Crippen LogP contribution in [0, 0.1) is 12.7 Å². The molecule has 0 saturated carbocycles. The van der Waals surface area contributed by atoms with Crippen LogP contribution in [0.5, 0.6) is 5.75 Å². The molecule has 2 aromatic carbocycles. The van der Waals surface area contributed by atoms with Crippen LogP contribution in [-0.4, -0.2) is 7.11 Å². The van der Waals surface area contributed by atoms with E-state index in [0.717, 1.165) is 16.9 Å². The van der Waals surface area contributed by atoms with E-state index in [2.05, 4.69) is 5.32 Å². The van der Waals surface area contributed by atoms with E-state index in [-0.39, 0.29) is 11.9 Å². The summed E-state index contributed by atoms with van der Waals surface area (Å²) in [5.41, 5.74) is 2.52. The Morgan fingerprint density at radius 3 is 2.37 bits per heavy atom. The Morgan fingerprint density at radius 1 is 1.11 bits per heavy atom. The third-order valence-corrected chi connectivity index (χ3v) is 3.11. The van der Waals surface area contributed by atoms with E-state index >= 15 is 0 Å². The summed E-state index contributed by atoms with van der Waals surface area (Å²) in [6.07, 6.45) is 0. The molecule has 0 bridgehead atoms. The van der Waals surface area contributed by atoms with Crippen molar-refractivity contribution in [1.82, 2.24) is 0 Å². The van der Waals surface area contributed by atoms with Gasteiger partial charge in [0.25, 0.3) is 0 Å². The van der Waals surface area contributed by atoms with E-state index in [1.165, 1.54) is 6.07 Å². The molecule has 0 aromatic heterocycles. The minimum atomic E-state index is -0.222. The molecular weight excluding hydrogens is 241 g/mol. The van der Waals surface area contributed by atoms with Gasteiger partial charge in [-0.3, -0.25) is 0 Å². The second kappa shape index (κ2) is 5.74. The SMILES string of the molecule is COc1ccc(C(C)Nc2ccc(C)cc2F)cc1. The van der Waals surface area contributed by atoms with Crippen LogP contribution in [0.1, 0.15) is 24.1 Å². The molecule has 0 aliphatic heterocycles. The third-order valence-electron chi connectivity index (χ3n) is 3.11. The van der Waals surface area contributed by atoms with Crippen molar-refractivity contribution in [1.29, 1.82) is 0 Å². The molecule has 0 amide bonds. The molecular formula is C16H18FNO. The Hall–Kier alpha value is -2.03. The second-order valence-electron chi connectivity index (χ2n) is 4.62. The first-order valence-corrected chi connectivity index (χ1v) is 6.27. The van der Waals surface area contributed by atoms with Gasteiger partial charge >= 0.3 is 0 Å². The summed E-state index contributed by atoms with van der Waals surface area (Å²) in [6.45, 7) is 3.88. The number of nitrogens with one attached hydrogen (secondary N) is 1. The van der Waals surface area contributed by atoms with Crippen molar-refractivity contribution in [2.24, 2.45) is 0 Å². The lowest BCUT2D eigenvalue weighted by molar-refractivity contribution is 0.414. The van der Waals surface area contributed by atoms with Gasteiger partial charge in [0.1, 0.15) is 11.6 Å². The maximum Gasteiger partial charge on any atom is 0.146 e. The summed E-state index contributed by atoms with van der Waals surface area (Å²) in [7, 11) is 1.64. The van der Waals surface area contributed by atoms with Crippen LogP contribution in [0.15, 0.2) is 42.5 Å². The number of halogens is 1. The summed E-state index contributed by atoms with van der Waals surface area (Å²) in [6, 6.07) is 13.0. The number of ether oxygens (including phenoxy) is 1. The highest BCUT2D eigenvalue weighted by Gasteiger charge is 2.08. The van der Waals surface area contributed by atoms with Gasteiger partial charge in [0.2, 0.25) is 0 Å². The molecule has 1 atom stereocenters. The number of aryl methyl sites for hydroxylation is 1. The van der Waals surface area contributed by atoms with Gasteiger partial charge in [-0.15, -0.1) is 0 Å². The van der Waals surface area contributed by atoms with E-state index in [1.54, 1.807) is 13.2 Å². The summed E-state index contributed by atoms with van der Waals surface area (Å²) in [5, 5.41) is 3.18. The Morgan fingerprint density at radius 2 is 1.79 bits per heavy atom. The minimum Gasteiger partial charge on any atom is -0.497 e. The lowest BCUT2D eigenvalue weighted by Crippen LogP contribution is -2.08. The Kier molecular flexibility index (Phi) is 4.05. The van der Waals surface area contributed by atoms with Crippen molar-refractivity contribution in [3.05, 3.63) is 59.4 Å². The average molecular weight is 259 g/mol. The van der Waals surface area contributed by atoms with Crippen molar-refractivity contribution in [2.75, 3.05) is 12.4 Å². The zero-order valence-corrected chi connectivity index (χ0v) is 11.4. The van der Waals surface area contributed by atoms with Crippen molar-refractivity contribution in [3.63, 3.8) is 0 Å². The zero-order chi connectivity index (χ0) is 13.8. The zero-order valence-electron chi connectivity index (χ0n) is 11.4. The maximum atomic E-state index is 13.8. The van der Waals surface area contributed by atoms with E-state index in [1.807, 2.05) is 44.2 Å². The Bertz CT molecular complexity index is 551. The van der Waals surface area contributed by atoms with Crippen LogP contribution in [0.4, 0.5) is 10.1 Å². The van der Waals surface area contributed by atoms with Gasteiger partial charge in [0.05, 0.1) is 12.8 Å². The van der Waals surface area contributed by atoms with Crippen LogP contribution in [0.2, 0.25) is 0 Å². The van der Waals surface area contributed by atoms with E-state index < -0.39 is 0 Å². The number of hydrogen-bond acceptors (Lipinski definition) is 2. The smallest absolute Gasteiger partial charge is 0.146 e. The van der Waals surface area contributed by atoms with Gasteiger partial charge < -0.3 is 10.1 Å². The number of benzene rings is 2. The molecule has 0 radical (unpaired) electrons. The van der Waals surface area contributed by atoms with Crippen LogP contribution in [0.3, 0.4) is 0 Å². The van der Waals surface area contributed by atoms with Gasteiger partial charge in [0, 0.05) is 6.04 Å². The van der Waals surface area contributed by atoms with Gasteiger partial charge in [0.15, 0.2) is 0 Å². The number of methoxy groups -OCH3 is 1. The first-order chi connectivity index (χ1) is 9.10. The molecule has 0 aliphatic carbocycles. The Balaban J connectivity index is 2.13. The fraction of sp³-hybridized carbons (Fsp3) is 0.250. The quantitative estimate of drug-likeness (QED) is 0.883. The van der Waals surface area contributed by atoms with Crippen molar-refractivity contribution in [2.45, 2.75) is 19.9 Å². The van der Waals surface area contributed by atoms with Crippen molar-refractivity contribution >= 4 is 5.69 Å². The average Bonchev–Trinajstić information content (AvgIpc) is 2.42. The predicted molar refractivity (Wildman–Crippen MR) is 76.2 cm³/mol. The standard InChI is InChI=1S/C16H18FNO/c1-11-4-9-16(15(17)10-11)18-12(2)13-5-7-14(19-3)8-6-13/h4-10,12,18H,1-3H3. The molecule has 19 heavy (non-hydrogen) atoms. The predicted octanol–water partition coefficient (Wildman–Crippen LogP) is 4.32. The van der Waals surface area contributed by atoms with E-state index in [0.29, 0.717) is 5.69 Å². The molecule has 0 saturated heterocycles. The molecule has 1 N–H and O–H groups in total. The molecule has 100 valence electrons.